The number of hydrogen-bond acceptors (Lipinski definition) is 4. The first-order chi connectivity index (χ1) is 15.2. The Balaban J connectivity index is 1.68. The van der Waals surface area contributed by atoms with Gasteiger partial charge in [-0.05, 0) is 79.0 Å². The molecule has 4 aromatic rings. The molecule has 4 rings (SSSR count). The fourth-order valence-electron chi connectivity index (χ4n) is 3.60. The van der Waals surface area contributed by atoms with Crippen molar-refractivity contribution in [1.82, 2.24) is 15.0 Å². The van der Waals surface area contributed by atoms with Crippen molar-refractivity contribution in [3.8, 4) is 22.4 Å². The molecule has 0 saturated heterocycles. The van der Waals surface area contributed by atoms with E-state index in [1.165, 1.54) is 12.1 Å². The number of H-pyrrole nitrogens is 1. The third-order valence-corrected chi connectivity index (χ3v) is 5.14. The van der Waals surface area contributed by atoms with E-state index in [2.05, 4.69) is 20.3 Å². The zero-order chi connectivity index (χ0) is 21.6. The molecule has 3 heterocycles. The number of amides is 1. The van der Waals surface area contributed by atoms with Gasteiger partial charge in [0.05, 0.1) is 5.69 Å². The van der Waals surface area contributed by atoms with Crippen LogP contribution in [0.2, 0.25) is 0 Å². The summed E-state index contributed by atoms with van der Waals surface area (Å²) in [5, 5.41) is 3.77. The summed E-state index contributed by atoms with van der Waals surface area (Å²) in [6.07, 6.45) is 6.56. The lowest BCUT2D eigenvalue weighted by molar-refractivity contribution is -0.116. The van der Waals surface area contributed by atoms with Gasteiger partial charge in [-0.25, -0.2) is 9.37 Å². The van der Waals surface area contributed by atoms with Crippen molar-refractivity contribution >= 4 is 22.8 Å². The standard InChI is InChI=1S/C24H24FN5O/c25-18-7-5-17(6-8-18)23-22(16-11-14-27-15-12-16)19-9-10-20(29-24(19)30-23)28-21(31)4-2-1-3-13-26/h5-12,14-15H,1-4,13,26H2,(H2,28,29,30,31). The number of unbranched alkanes of at least 4 members (excludes halogenated alkanes) is 2. The second-order valence-electron chi connectivity index (χ2n) is 7.36. The van der Waals surface area contributed by atoms with Crippen molar-refractivity contribution < 1.29 is 9.18 Å². The maximum atomic E-state index is 13.5. The summed E-state index contributed by atoms with van der Waals surface area (Å²) >= 11 is 0. The summed E-state index contributed by atoms with van der Waals surface area (Å²) < 4.78 is 13.5. The second kappa shape index (κ2) is 9.49. The highest BCUT2D eigenvalue weighted by Crippen LogP contribution is 2.38. The average molecular weight is 417 g/mol. The maximum Gasteiger partial charge on any atom is 0.225 e. The molecule has 3 aromatic heterocycles. The highest BCUT2D eigenvalue weighted by atomic mass is 19.1. The third kappa shape index (κ3) is 4.78. The number of carbonyl (C=O) groups excluding carboxylic acids is 1. The van der Waals surface area contributed by atoms with E-state index in [1.54, 1.807) is 30.6 Å². The molecule has 0 aliphatic heterocycles. The predicted octanol–water partition coefficient (Wildman–Crippen LogP) is 4.89. The van der Waals surface area contributed by atoms with Crippen LogP contribution in [0.5, 0.6) is 0 Å². The summed E-state index contributed by atoms with van der Waals surface area (Å²) in [5.41, 5.74) is 9.74. The van der Waals surface area contributed by atoms with Crippen molar-refractivity contribution in [3.05, 3.63) is 66.7 Å². The highest BCUT2D eigenvalue weighted by Gasteiger charge is 2.17. The Labute approximate surface area is 179 Å². The van der Waals surface area contributed by atoms with E-state index in [0.29, 0.717) is 24.4 Å². The summed E-state index contributed by atoms with van der Waals surface area (Å²) in [5.74, 6) is 0.132. The number of nitrogens with one attached hydrogen (secondary N) is 2. The summed E-state index contributed by atoms with van der Waals surface area (Å²) in [7, 11) is 0. The molecule has 0 bridgehead atoms. The highest BCUT2D eigenvalue weighted by molar-refractivity contribution is 6.03. The molecule has 31 heavy (non-hydrogen) atoms. The van der Waals surface area contributed by atoms with Crippen molar-refractivity contribution in [2.24, 2.45) is 5.73 Å². The summed E-state index contributed by atoms with van der Waals surface area (Å²) in [6.45, 7) is 0.642. The maximum absolute atomic E-state index is 13.5. The van der Waals surface area contributed by atoms with E-state index < -0.39 is 0 Å². The molecule has 0 radical (unpaired) electrons. The smallest absolute Gasteiger partial charge is 0.225 e. The van der Waals surface area contributed by atoms with E-state index in [-0.39, 0.29) is 11.7 Å². The van der Waals surface area contributed by atoms with E-state index in [1.807, 2.05) is 18.2 Å². The first-order valence-electron chi connectivity index (χ1n) is 10.3. The van der Waals surface area contributed by atoms with Crippen LogP contribution in [0.15, 0.2) is 60.9 Å². The molecule has 1 aromatic carbocycles. The number of anilines is 1. The molecule has 0 aliphatic rings. The number of hydrogen-bond donors (Lipinski definition) is 3. The lowest BCUT2D eigenvalue weighted by Crippen LogP contribution is -2.12. The first-order valence-corrected chi connectivity index (χ1v) is 10.3. The number of nitrogens with two attached hydrogens (primary N) is 1. The normalized spacial score (nSPS) is 11.0. The largest absolute Gasteiger partial charge is 0.339 e. The molecule has 0 unspecified atom stereocenters. The molecule has 7 heteroatoms. The van der Waals surface area contributed by atoms with Gasteiger partial charge in [0, 0.05) is 29.8 Å². The molecule has 0 spiro atoms. The molecule has 1 amide bonds. The number of nitrogens with zero attached hydrogens (tertiary/aromatic N) is 2. The number of fused-ring (bicyclic) bond motifs is 1. The number of benzene rings is 1. The van der Waals surface area contributed by atoms with Crippen LogP contribution in [0.3, 0.4) is 0 Å². The fraction of sp³-hybridized carbons (Fsp3) is 0.208. The average Bonchev–Trinajstić information content (AvgIpc) is 3.16. The van der Waals surface area contributed by atoms with Crippen LogP contribution in [0.25, 0.3) is 33.4 Å². The summed E-state index contributed by atoms with van der Waals surface area (Å²) in [6, 6.07) is 13.9. The van der Waals surface area contributed by atoms with Crippen LogP contribution >= 0.6 is 0 Å². The number of pyridine rings is 2. The van der Waals surface area contributed by atoms with E-state index in [0.717, 1.165) is 47.0 Å². The van der Waals surface area contributed by atoms with Crippen LogP contribution in [-0.2, 0) is 4.79 Å². The Bertz CT molecular complexity index is 1170. The van der Waals surface area contributed by atoms with E-state index in [4.69, 9.17) is 5.73 Å². The predicted molar refractivity (Wildman–Crippen MR) is 121 cm³/mol. The minimum absolute atomic E-state index is 0.0662. The Morgan fingerprint density at radius 2 is 1.74 bits per heavy atom. The molecule has 4 N–H and O–H groups in total. The summed E-state index contributed by atoms with van der Waals surface area (Å²) in [4.78, 5) is 24.3. The van der Waals surface area contributed by atoms with Gasteiger partial charge in [-0.1, -0.05) is 6.42 Å². The minimum Gasteiger partial charge on any atom is -0.339 e. The zero-order valence-corrected chi connectivity index (χ0v) is 17.1. The molecule has 0 aliphatic carbocycles. The molecule has 6 nitrogen and oxygen atoms in total. The van der Waals surface area contributed by atoms with Gasteiger partial charge in [-0.2, -0.15) is 0 Å². The van der Waals surface area contributed by atoms with Gasteiger partial charge in [0.15, 0.2) is 0 Å². The van der Waals surface area contributed by atoms with Crippen molar-refractivity contribution in [1.29, 1.82) is 0 Å². The lowest BCUT2D eigenvalue weighted by Gasteiger charge is -2.06. The van der Waals surface area contributed by atoms with Crippen LogP contribution in [0.4, 0.5) is 10.2 Å². The Kier molecular flexibility index (Phi) is 6.33. The van der Waals surface area contributed by atoms with Crippen molar-refractivity contribution in [3.63, 3.8) is 0 Å². The van der Waals surface area contributed by atoms with Gasteiger partial charge in [0.1, 0.15) is 17.3 Å². The van der Waals surface area contributed by atoms with Gasteiger partial charge < -0.3 is 16.0 Å². The van der Waals surface area contributed by atoms with Crippen LogP contribution in [0, 0.1) is 5.82 Å². The molecule has 0 fully saturated rings. The Morgan fingerprint density at radius 3 is 2.48 bits per heavy atom. The third-order valence-electron chi connectivity index (χ3n) is 5.14. The first kappa shape index (κ1) is 20.7. The zero-order valence-electron chi connectivity index (χ0n) is 17.1. The number of carbonyl (C=O) groups is 1. The minimum atomic E-state index is -0.292. The molecular weight excluding hydrogens is 393 g/mol. The number of halogens is 1. The van der Waals surface area contributed by atoms with Gasteiger partial charge in [0.25, 0.3) is 0 Å². The van der Waals surface area contributed by atoms with Crippen molar-refractivity contribution in [2.45, 2.75) is 25.7 Å². The second-order valence-corrected chi connectivity index (χ2v) is 7.36. The monoisotopic (exact) mass is 417 g/mol. The van der Waals surface area contributed by atoms with Crippen LogP contribution in [0.1, 0.15) is 25.7 Å². The molecular formula is C24H24FN5O. The Hall–Kier alpha value is -3.58. The van der Waals surface area contributed by atoms with Gasteiger partial charge in [-0.3, -0.25) is 9.78 Å². The lowest BCUT2D eigenvalue weighted by atomic mass is 10.00. The van der Waals surface area contributed by atoms with E-state index in [9.17, 15) is 9.18 Å². The topological polar surface area (TPSA) is 96.7 Å². The number of aromatic amines is 1. The molecule has 0 atom stereocenters. The number of aromatic nitrogens is 3. The molecule has 0 saturated carbocycles. The SMILES string of the molecule is NCCCCCC(=O)Nc1ccc2c(-c3ccncc3)c(-c3ccc(F)cc3)[nH]c2n1. The van der Waals surface area contributed by atoms with Gasteiger partial charge >= 0.3 is 0 Å². The quantitative estimate of drug-likeness (QED) is 0.356. The van der Waals surface area contributed by atoms with Crippen LogP contribution in [-0.4, -0.2) is 27.4 Å². The van der Waals surface area contributed by atoms with Gasteiger partial charge in [0.2, 0.25) is 5.91 Å². The Morgan fingerprint density at radius 1 is 0.968 bits per heavy atom. The fourth-order valence-corrected chi connectivity index (χ4v) is 3.60. The molecule has 158 valence electrons. The number of rotatable bonds is 8. The van der Waals surface area contributed by atoms with Crippen molar-refractivity contribution in [2.75, 3.05) is 11.9 Å². The van der Waals surface area contributed by atoms with E-state index >= 15 is 0 Å². The van der Waals surface area contributed by atoms with Crippen LogP contribution < -0.4 is 11.1 Å². The van der Waals surface area contributed by atoms with Gasteiger partial charge in [-0.15, -0.1) is 0 Å².